The van der Waals surface area contributed by atoms with E-state index in [9.17, 15) is 18.4 Å². The van der Waals surface area contributed by atoms with Gasteiger partial charge in [0.2, 0.25) is 0 Å². The molecule has 0 bridgehead atoms. The Balaban J connectivity index is 1.89. The fraction of sp³-hybridized carbons (Fsp3) is 0.238. The highest BCUT2D eigenvalue weighted by Gasteiger charge is 2.09. The van der Waals surface area contributed by atoms with E-state index in [0.29, 0.717) is 30.3 Å². The lowest BCUT2D eigenvalue weighted by molar-refractivity contribution is -0.142. The molecule has 154 valence electrons. The third-order valence-corrected chi connectivity index (χ3v) is 3.53. The van der Waals surface area contributed by atoms with Gasteiger partial charge in [-0.3, -0.25) is 4.79 Å². The summed E-state index contributed by atoms with van der Waals surface area (Å²) < 4.78 is 41.8. The largest absolute Gasteiger partial charge is 0.490 e. The maximum absolute atomic E-state index is 13.1. The lowest BCUT2D eigenvalue weighted by atomic mass is 10.2. The summed E-state index contributed by atoms with van der Waals surface area (Å²) in [7, 11) is 0. The lowest BCUT2D eigenvalue weighted by Gasteiger charge is -2.11. The molecular formula is C21H21F2NO5. The van der Waals surface area contributed by atoms with Crippen LogP contribution in [0, 0.1) is 11.6 Å². The van der Waals surface area contributed by atoms with Crippen LogP contribution in [0.2, 0.25) is 0 Å². The van der Waals surface area contributed by atoms with Crippen molar-refractivity contribution in [1.29, 1.82) is 0 Å². The predicted molar refractivity (Wildman–Crippen MR) is 104 cm³/mol. The minimum absolute atomic E-state index is 0.0540. The highest BCUT2D eigenvalue weighted by molar-refractivity contribution is 5.94. The molecule has 29 heavy (non-hydrogen) atoms. The number of esters is 1. The van der Waals surface area contributed by atoms with Crippen LogP contribution in [-0.4, -0.2) is 31.7 Å². The maximum Gasteiger partial charge on any atom is 0.331 e. The number of benzene rings is 2. The summed E-state index contributed by atoms with van der Waals surface area (Å²) in [6.45, 7) is 4.09. The third-order valence-electron chi connectivity index (χ3n) is 3.53. The van der Waals surface area contributed by atoms with E-state index in [1.54, 1.807) is 18.2 Å². The highest BCUT2D eigenvalue weighted by atomic mass is 19.2. The van der Waals surface area contributed by atoms with E-state index in [2.05, 4.69) is 5.32 Å². The van der Waals surface area contributed by atoms with Crippen molar-refractivity contribution < 1.29 is 32.6 Å². The van der Waals surface area contributed by atoms with Gasteiger partial charge < -0.3 is 19.5 Å². The van der Waals surface area contributed by atoms with Crippen molar-refractivity contribution in [3.8, 4) is 11.5 Å². The average molecular weight is 405 g/mol. The van der Waals surface area contributed by atoms with Crippen LogP contribution in [0.4, 0.5) is 14.5 Å². The Labute approximate surface area is 167 Å². The molecule has 0 aliphatic carbocycles. The number of anilines is 1. The maximum atomic E-state index is 13.1. The van der Waals surface area contributed by atoms with Gasteiger partial charge in [0.05, 0.1) is 13.2 Å². The molecule has 2 aromatic rings. The molecule has 0 aromatic heterocycles. The first-order chi connectivity index (χ1) is 13.9. The first-order valence-corrected chi connectivity index (χ1v) is 8.92. The van der Waals surface area contributed by atoms with Crippen LogP contribution >= 0.6 is 0 Å². The Bertz CT molecular complexity index is 899. The standard InChI is InChI=1S/C21H21F2NO5/c1-3-27-18-9-5-14(11-19(18)28-4-2)6-10-21(26)29-13-20(25)24-15-7-8-16(22)17(23)12-15/h5-12H,3-4,13H2,1-2H3,(H,24,25)/b10-6+. The zero-order valence-electron chi connectivity index (χ0n) is 16.0. The number of hydrogen-bond donors (Lipinski definition) is 1. The number of hydrogen-bond acceptors (Lipinski definition) is 5. The summed E-state index contributed by atoms with van der Waals surface area (Å²) in [6.07, 6.45) is 2.67. The number of ether oxygens (including phenoxy) is 3. The molecule has 0 aliphatic heterocycles. The number of amides is 1. The quantitative estimate of drug-likeness (QED) is 0.505. The van der Waals surface area contributed by atoms with Gasteiger partial charge >= 0.3 is 5.97 Å². The molecule has 6 nitrogen and oxygen atoms in total. The van der Waals surface area contributed by atoms with Crippen molar-refractivity contribution in [1.82, 2.24) is 0 Å². The molecule has 1 N–H and O–H groups in total. The molecule has 0 spiro atoms. The van der Waals surface area contributed by atoms with Gasteiger partial charge in [0, 0.05) is 17.8 Å². The van der Waals surface area contributed by atoms with Crippen LogP contribution in [0.15, 0.2) is 42.5 Å². The molecule has 8 heteroatoms. The molecule has 0 fully saturated rings. The summed E-state index contributed by atoms with van der Waals surface area (Å²) >= 11 is 0. The second-order valence-corrected chi connectivity index (χ2v) is 5.69. The summed E-state index contributed by atoms with van der Waals surface area (Å²) in [5.74, 6) is -2.39. The number of halogens is 2. The monoisotopic (exact) mass is 405 g/mol. The Kier molecular flexibility index (Phi) is 8.14. The first-order valence-electron chi connectivity index (χ1n) is 8.92. The van der Waals surface area contributed by atoms with Crippen molar-refractivity contribution in [2.24, 2.45) is 0 Å². The van der Waals surface area contributed by atoms with E-state index < -0.39 is 30.1 Å². The molecule has 0 unspecified atom stereocenters. The number of rotatable bonds is 9. The SMILES string of the molecule is CCOc1ccc(/C=C/C(=O)OCC(=O)Nc2ccc(F)c(F)c2)cc1OCC. The van der Waals surface area contributed by atoms with Crippen LogP contribution in [0.5, 0.6) is 11.5 Å². The second kappa shape index (κ2) is 10.8. The van der Waals surface area contributed by atoms with Crippen LogP contribution in [0.25, 0.3) is 6.08 Å². The fourth-order valence-corrected chi connectivity index (χ4v) is 2.29. The molecule has 1 amide bonds. The van der Waals surface area contributed by atoms with Crippen LogP contribution < -0.4 is 14.8 Å². The van der Waals surface area contributed by atoms with Gasteiger partial charge in [-0.1, -0.05) is 6.07 Å². The topological polar surface area (TPSA) is 73.9 Å². The zero-order chi connectivity index (χ0) is 21.2. The van der Waals surface area contributed by atoms with Crippen LogP contribution in [0.3, 0.4) is 0 Å². The molecule has 0 aliphatic rings. The molecule has 0 heterocycles. The minimum atomic E-state index is -1.09. The number of carbonyl (C=O) groups excluding carboxylic acids is 2. The zero-order valence-corrected chi connectivity index (χ0v) is 16.0. The highest BCUT2D eigenvalue weighted by Crippen LogP contribution is 2.29. The molecule has 0 atom stereocenters. The van der Waals surface area contributed by atoms with Gasteiger partial charge in [-0.2, -0.15) is 0 Å². The first kappa shape index (κ1) is 21.9. The van der Waals surface area contributed by atoms with Gasteiger partial charge in [0.25, 0.3) is 5.91 Å². The van der Waals surface area contributed by atoms with E-state index in [4.69, 9.17) is 14.2 Å². The summed E-state index contributed by atoms with van der Waals surface area (Å²) in [5, 5.41) is 2.30. The van der Waals surface area contributed by atoms with Crippen molar-refractivity contribution in [3.05, 3.63) is 59.7 Å². The van der Waals surface area contributed by atoms with Gasteiger partial charge in [-0.15, -0.1) is 0 Å². The van der Waals surface area contributed by atoms with Gasteiger partial charge in [-0.05, 0) is 49.8 Å². The minimum Gasteiger partial charge on any atom is -0.490 e. The Hall–Kier alpha value is -3.42. The van der Waals surface area contributed by atoms with Gasteiger partial charge in [0.1, 0.15) is 0 Å². The van der Waals surface area contributed by atoms with E-state index in [0.717, 1.165) is 18.2 Å². The summed E-state index contributed by atoms with van der Waals surface area (Å²) in [6, 6.07) is 8.10. The van der Waals surface area contributed by atoms with Crippen LogP contribution in [-0.2, 0) is 14.3 Å². The molecule has 2 rings (SSSR count). The molecule has 0 radical (unpaired) electrons. The predicted octanol–water partition coefficient (Wildman–Crippen LogP) is 3.96. The summed E-state index contributed by atoms with van der Waals surface area (Å²) in [4.78, 5) is 23.5. The average Bonchev–Trinajstić information content (AvgIpc) is 2.69. The van der Waals surface area contributed by atoms with E-state index in [-0.39, 0.29) is 5.69 Å². The normalized spacial score (nSPS) is 10.6. The second-order valence-electron chi connectivity index (χ2n) is 5.69. The van der Waals surface area contributed by atoms with Gasteiger partial charge in [-0.25, -0.2) is 13.6 Å². The van der Waals surface area contributed by atoms with Crippen molar-refractivity contribution in [3.63, 3.8) is 0 Å². The van der Waals surface area contributed by atoms with Crippen molar-refractivity contribution >= 4 is 23.6 Å². The van der Waals surface area contributed by atoms with Crippen molar-refractivity contribution in [2.75, 3.05) is 25.1 Å². The van der Waals surface area contributed by atoms with Gasteiger partial charge in [0.15, 0.2) is 29.7 Å². The number of carbonyl (C=O) groups is 2. The fourth-order valence-electron chi connectivity index (χ4n) is 2.29. The molecule has 0 saturated heterocycles. The number of nitrogens with one attached hydrogen (secondary N) is 1. The lowest BCUT2D eigenvalue weighted by Crippen LogP contribution is -2.20. The van der Waals surface area contributed by atoms with E-state index in [1.165, 1.54) is 12.1 Å². The summed E-state index contributed by atoms with van der Waals surface area (Å²) in [5.41, 5.74) is 0.735. The van der Waals surface area contributed by atoms with Crippen LogP contribution in [0.1, 0.15) is 19.4 Å². The van der Waals surface area contributed by atoms with E-state index >= 15 is 0 Å². The van der Waals surface area contributed by atoms with Crippen molar-refractivity contribution in [2.45, 2.75) is 13.8 Å². The van der Waals surface area contributed by atoms with E-state index in [1.807, 2.05) is 13.8 Å². The smallest absolute Gasteiger partial charge is 0.331 e. The Morgan fingerprint density at radius 1 is 0.966 bits per heavy atom. The molecule has 2 aromatic carbocycles. The Morgan fingerprint density at radius 2 is 1.69 bits per heavy atom. The Morgan fingerprint density at radius 3 is 2.38 bits per heavy atom. The molecule has 0 saturated carbocycles. The third kappa shape index (κ3) is 6.91. The molecular weight excluding hydrogens is 384 g/mol.